The number of aryl methyl sites for hydroxylation is 1. The second-order valence-electron chi connectivity index (χ2n) is 9.67. The highest BCUT2D eigenvalue weighted by Gasteiger charge is 2.46. The van der Waals surface area contributed by atoms with Gasteiger partial charge >= 0.3 is 0 Å². The minimum atomic E-state index is -0.687. The van der Waals surface area contributed by atoms with Gasteiger partial charge in [-0.2, -0.15) is 0 Å². The van der Waals surface area contributed by atoms with Gasteiger partial charge in [0.25, 0.3) is 0 Å². The second kappa shape index (κ2) is 9.30. The fourth-order valence-corrected chi connectivity index (χ4v) is 5.55. The Bertz CT molecular complexity index is 1750. The highest BCUT2D eigenvalue weighted by atomic mass is 16.5. The van der Waals surface area contributed by atoms with Crippen LogP contribution < -0.4 is 14.0 Å². The molecule has 0 amide bonds. The Morgan fingerprint density at radius 3 is 2.13 bits per heavy atom. The van der Waals surface area contributed by atoms with Crippen molar-refractivity contribution in [1.29, 1.82) is 0 Å². The van der Waals surface area contributed by atoms with Crippen molar-refractivity contribution >= 4 is 0 Å². The van der Waals surface area contributed by atoms with Crippen LogP contribution in [-0.4, -0.2) is 9.55 Å². The molecule has 3 heterocycles. The summed E-state index contributed by atoms with van der Waals surface area (Å²) in [5.74, 6) is 3.15. The highest BCUT2D eigenvalue weighted by Crippen LogP contribution is 2.54. The summed E-state index contributed by atoms with van der Waals surface area (Å²) in [6, 6.07) is 38.9. The summed E-state index contributed by atoms with van der Waals surface area (Å²) in [4.78, 5) is 4.91. The minimum absolute atomic E-state index is 0.687. The van der Waals surface area contributed by atoms with Crippen molar-refractivity contribution in [1.82, 2.24) is 9.55 Å². The molecule has 1 aliphatic rings. The summed E-state index contributed by atoms with van der Waals surface area (Å²) in [6.45, 7) is 0. The van der Waals surface area contributed by atoms with E-state index < -0.39 is 5.41 Å². The summed E-state index contributed by atoms with van der Waals surface area (Å²) < 4.78 is 16.9. The zero-order chi connectivity index (χ0) is 26.2. The Morgan fingerprint density at radius 1 is 0.744 bits per heavy atom. The zero-order valence-electron chi connectivity index (χ0n) is 21.4. The van der Waals surface area contributed by atoms with Gasteiger partial charge in [-0.25, -0.2) is 9.13 Å². The topological polar surface area (TPSA) is 40.2 Å². The Morgan fingerprint density at radius 2 is 1.44 bits per heavy atom. The molecule has 0 radical (unpaired) electrons. The molecule has 4 aromatic carbocycles. The van der Waals surface area contributed by atoms with Crippen LogP contribution in [0.2, 0.25) is 0 Å². The lowest BCUT2D eigenvalue weighted by atomic mass is 9.65. The van der Waals surface area contributed by atoms with E-state index >= 15 is 0 Å². The molecule has 7 rings (SSSR count). The maximum absolute atomic E-state index is 6.46. The first-order valence-corrected chi connectivity index (χ1v) is 12.9. The summed E-state index contributed by atoms with van der Waals surface area (Å²) >= 11 is 0. The van der Waals surface area contributed by atoms with Gasteiger partial charge in [0.05, 0.1) is 18.2 Å². The number of pyridine rings is 1. The number of benzene rings is 4. The number of hydrogen-bond donors (Lipinski definition) is 0. The molecule has 5 nitrogen and oxygen atoms in total. The van der Waals surface area contributed by atoms with Crippen LogP contribution in [0.25, 0.3) is 5.69 Å². The quantitative estimate of drug-likeness (QED) is 0.236. The lowest BCUT2D eigenvalue weighted by molar-refractivity contribution is -0.670. The Balaban J connectivity index is 1.39. The van der Waals surface area contributed by atoms with Crippen molar-refractivity contribution in [3.8, 4) is 28.7 Å². The lowest BCUT2D eigenvalue weighted by Crippen LogP contribution is -2.35. The average Bonchev–Trinajstić information content (AvgIpc) is 3.43. The molecular weight excluding hydrogens is 482 g/mol. The number of ether oxygens (including phenoxy) is 2. The Labute approximate surface area is 227 Å². The molecule has 2 aromatic heterocycles. The van der Waals surface area contributed by atoms with Crippen molar-refractivity contribution < 1.29 is 14.0 Å². The minimum Gasteiger partial charge on any atom is -0.457 e. The predicted molar refractivity (Wildman–Crippen MR) is 150 cm³/mol. The van der Waals surface area contributed by atoms with Gasteiger partial charge in [0.2, 0.25) is 6.33 Å². The van der Waals surface area contributed by atoms with Crippen molar-refractivity contribution in [2.45, 2.75) is 5.41 Å². The number of aromatic nitrogens is 3. The van der Waals surface area contributed by atoms with E-state index in [1.807, 2.05) is 103 Å². The van der Waals surface area contributed by atoms with Crippen LogP contribution in [0.5, 0.6) is 23.0 Å². The SMILES string of the molecule is C[n+]1ccn(-c2cccc(Oc3cccc(C4(c5ccccn5)c5ccccc5Oc5ccccc54)c3)c2)c1. The van der Waals surface area contributed by atoms with E-state index in [1.165, 1.54) is 0 Å². The van der Waals surface area contributed by atoms with E-state index in [9.17, 15) is 0 Å². The van der Waals surface area contributed by atoms with E-state index in [0.717, 1.165) is 51.1 Å². The predicted octanol–water partition coefficient (Wildman–Crippen LogP) is 6.98. The third-order valence-electron chi connectivity index (χ3n) is 7.24. The van der Waals surface area contributed by atoms with Gasteiger partial charge < -0.3 is 9.47 Å². The van der Waals surface area contributed by atoms with Gasteiger partial charge in [0.15, 0.2) is 0 Å². The molecule has 0 spiro atoms. The lowest BCUT2D eigenvalue weighted by Gasteiger charge is -2.40. The average molecular weight is 509 g/mol. The number of nitrogens with zero attached hydrogens (tertiary/aromatic N) is 3. The maximum atomic E-state index is 6.46. The molecule has 6 aromatic rings. The highest BCUT2D eigenvalue weighted by molar-refractivity contribution is 5.68. The van der Waals surface area contributed by atoms with Gasteiger partial charge in [-0.1, -0.05) is 60.7 Å². The van der Waals surface area contributed by atoms with Crippen molar-refractivity contribution in [3.63, 3.8) is 0 Å². The second-order valence-corrected chi connectivity index (χ2v) is 9.67. The third kappa shape index (κ3) is 3.87. The van der Waals surface area contributed by atoms with Crippen molar-refractivity contribution in [2.75, 3.05) is 0 Å². The molecule has 0 saturated carbocycles. The normalized spacial score (nSPS) is 13.2. The van der Waals surface area contributed by atoms with Gasteiger partial charge in [-0.3, -0.25) is 4.98 Å². The van der Waals surface area contributed by atoms with Crippen LogP contribution >= 0.6 is 0 Å². The maximum Gasteiger partial charge on any atom is 0.248 e. The smallest absolute Gasteiger partial charge is 0.248 e. The Hall–Kier alpha value is -5.16. The fourth-order valence-electron chi connectivity index (χ4n) is 5.55. The number of imidazole rings is 1. The molecular formula is C34H26N3O2+. The summed E-state index contributed by atoms with van der Waals surface area (Å²) in [5.41, 5.74) is 4.40. The molecule has 0 saturated heterocycles. The number of rotatable bonds is 5. The first kappa shape index (κ1) is 23.0. The van der Waals surface area contributed by atoms with E-state index in [0.29, 0.717) is 0 Å². The molecule has 5 heteroatoms. The summed E-state index contributed by atoms with van der Waals surface area (Å²) in [5, 5.41) is 0. The fraction of sp³-hybridized carbons (Fsp3) is 0.0588. The van der Waals surface area contributed by atoms with E-state index in [1.54, 1.807) is 0 Å². The van der Waals surface area contributed by atoms with Crippen LogP contribution in [0.4, 0.5) is 0 Å². The number of para-hydroxylation sites is 2. The van der Waals surface area contributed by atoms with E-state index in [4.69, 9.17) is 14.5 Å². The molecule has 1 aliphatic heterocycles. The number of fused-ring (bicyclic) bond motifs is 2. The standard InChI is InChI=1S/C34H26N3O2/c1-36-20-21-37(24-36)26-11-9-13-28(23-26)38-27-12-8-10-25(22-27)34(33-18-6-7-19-35-33)29-14-2-4-16-31(29)39-32-17-5-3-15-30(32)34/h2-24H,1H3/q+1. The van der Waals surface area contributed by atoms with Gasteiger partial charge in [-0.05, 0) is 54.1 Å². The van der Waals surface area contributed by atoms with E-state index in [-0.39, 0.29) is 0 Å². The largest absolute Gasteiger partial charge is 0.457 e. The zero-order valence-corrected chi connectivity index (χ0v) is 21.4. The third-order valence-corrected chi connectivity index (χ3v) is 7.24. The first-order valence-electron chi connectivity index (χ1n) is 12.9. The van der Waals surface area contributed by atoms with Crippen LogP contribution in [0.15, 0.2) is 140 Å². The van der Waals surface area contributed by atoms with Crippen LogP contribution in [0, 0.1) is 0 Å². The molecule has 188 valence electrons. The molecule has 0 unspecified atom stereocenters. The van der Waals surface area contributed by atoms with Crippen molar-refractivity contribution in [3.05, 3.63) is 163 Å². The number of hydrogen-bond acceptors (Lipinski definition) is 3. The first-order chi connectivity index (χ1) is 19.2. The van der Waals surface area contributed by atoms with Gasteiger partial charge in [0.1, 0.15) is 41.1 Å². The monoisotopic (exact) mass is 508 g/mol. The Kier molecular flexibility index (Phi) is 5.48. The summed E-state index contributed by atoms with van der Waals surface area (Å²) in [7, 11) is 2.01. The van der Waals surface area contributed by atoms with Gasteiger partial charge in [0, 0.05) is 23.4 Å². The van der Waals surface area contributed by atoms with Crippen LogP contribution in [-0.2, 0) is 12.5 Å². The van der Waals surface area contributed by atoms with Crippen LogP contribution in [0.1, 0.15) is 22.4 Å². The molecule has 0 aliphatic carbocycles. The van der Waals surface area contributed by atoms with Crippen molar-refractivity contribution in [2.24, 2.45) is 7.05 Å². The van der Waals surface area contributed by atoms with E-state index in [2.05, 4.69) is 53.1 Å². The molecule has 0 bridgehead atoms. The van der Waals surface area contributed by atoms with Gasteiger partial charge in [-0.15, -0.1) is 0 Å². The molecule has 0 N–H and O–H groups in total. The molecule has 0 fully saturated rings. The molecule has 0 atom stereocenters. The molecule has 39 heavy (non-hydrogen) atoms. The van der Waals surface area contributed by atoms with Crippen LogP contribution in [0.3, 0.4) is 0 Å². The summed E-state index contributed by atoms with van der Waals surface area (Å²) in [6.07, 6.45) is 7.91.